The molecular formula is C16H17ClO. The second kappa shape index (κ2) is 5.45. The van der Waals surface area contributed by atoms with Gasteiger partial charge in [0.05, 0.1) is 0 Å². The summed E-state index contributed by atoms with van der Waals surface area (Å²) >= 11 is 5.97. The Bertz CT molecular complexity index is 541. The molecule has 0 heterocycles. The molecule has 0 aromatic heterocycles. The summed E-state index contributed by atoms with van der Waals surface area (Å²) in [5.74, 6) is 0.849. The summed E-state index contributed by atoms with van der Waals surface area (Å²) in [5, 5.41) is 0.705. The second-order valence-electron chi connectivity index (χ2n) is 4.69. The van der Waals surface area contributed by atoms with Crippen LogP contribution in [-0.4, -0.2) is 0 Å². The van der Waals surface area contributed by atoms with Gasteiger partial charge in [0.25, 0.3) is 0 Å². The third-order valence-electron chi connectivity index (χ3n) is 2.83. The molecule has 2 aromatic rings. The smallest absolute Gasteiger partial charge is 0.124 e. The van der Waals surface area contributed by atoms with Gasteiger partial charge in [-0.15, -0.1) is 0 Å². The molecule has 0 radical (unpaired) electrons. The van der Waals surface area contributed by atoms with Crippen LogP contribution in [0.1, 0.15) is 22.3 Å². The number of aryl methyl sites for hydroxylation is 3. The number of hydrogen-bond acceptors (Lipinski definition) is 1. The van der Waals surface area contributed by atoms with Gasteiger partial charge >= 0.3 is 0 Å². The van der Waals surface area contributed by atoms with Crippen LogP contribution in [0, 0.1) is 20.8 Å². The number of hydrogen-bond donors (Lipinski definition) is 0. The van der Waals surface area contributed by atoms with Crippen LogP contribution in [0.3, 0.4) is 0 Å². The fourth-order valence-corrected chi connectivity index (χ4v) is 2.20. The molecule has 1 nitrogen and oxygen atoms in total. The van der Waals surface area contributed by atoms with Crippen molar-refractivity contribution in [2.24, 2.45) is 0 Å². The minimum atomic E-state index is 0.573. The molecule has 94 valence electrons. The van der Waals surface area contributed by atoms with Crippen LogP contribution in [0.15, 0.2) is 36.4 Å². The quantitative estimate of drug-likeness (QED) is 0.767. The van der Waals surface area contributed by atoms with E-state index in [2.05, 4.69) is 32.0 Å². The van der Waals surface area contributed by atoms with Crippen molar-refractivity contribution in [3.05, 3.63) is 63.7 Å². The van der Waals surface area contributed by atoms with Gasteiger partial charge in [-0.1, -0.05) is 47.0 Å². The maximum atomic E-state index is 5.97. The molecule has 2 heteroatoms. The highest BCUT2D eigenvalue weighted by Crippen LogP contribution is 2.23. The molecule has 0 fully saturated rings. The average molecular weight is 261 g/mol. The Kier molecular flexibility index (Phi) is 3.93. The van der Waals surface area contributed by atoms with Gasteiger partial charge in [0, 0.05) is 5.02 Å². The Balaban J connectivity index is 2.13. The van der Waals surface area contributed by atoms with Crippen molar-refractivity contribution in [2.45, 2.75) is 27.4 Å². The molecule has 0 aliphatic carbocycles. The maximum absolute atomic E-state index is 5.97. The van der Waals surface area contributed by atoms with Gasteiger partial charge in [-0.05, 0) is 44.0 Å². The Morgan fingerprint density at radius 1 is 0.944 bits per heavy atom. The fraction of sp³-hybridized carbons (Fsp3) is 0.250. The molecule has 2 aromatic carbocycles. The van der Waals surface area contributed by atoms with Gasteiger partial charge in [0.2, 0.25) is 0 Å². The number of ether oxygens (including phenoxy) is 1. The normalized spacial score (nSPS) is 10.4. The Morgan fingerprint density at radius 2 is 1.61 bits per heavy atom. The van der Waals surface area contributed by atoms with Crippen molar-refractivity contribution >= 4 is 11.6 Å². The van der Waals surface area contributed by atoms with Crippen LogP contribution in [0.25, 0.3) is 0 Å². The van der Waals surface area contributed by atoms with E-state index in [1.165, 1.54) is 16.7 Å². The van der Waals surface area contributed by atoms with E-state index in [-0.39, 0.29) is 0 Å². The van der Waals surface area contributed by atoms with E-state index < -0.39 is 0 Å². The van der Waals surface area contributed by atoms with Gasteiger partial charge in [-0.3, -0.25) is 0 Å². The van der Waals surface area contributed by atoms with Crippen LogP contribution in [0.2, 0.25) is 5.02 Å². The Labute approximate surface area is 113 Å². The maximum Gasteiger partial charge on any atom is 0.124 e. The first-order valence-corrected chi connectivity index (χ1v) is 6.38. The highest BCUT2D eigenvalue weighted by molar-refractivity contribution is 6.30. The SMILES string of the molecule is Cc1cc(C)cc(COc2cc(Cl)ccc2C)c1. The molecule has 0 atom stereocenters. The number of benzene rings is 2. The summed E-state index contributed by atoms with van der Waals surface area (Å²) in [6.45, 7) is 6.79. The lowest BCUT2D eigenvalue weighted by molar-refractivity contribution is 0.304. The second-order valence-corrected chi connectivity index (χ2v) is 5.13. The van der Waals surface area contributed by atoms with Crippen molar-refractivity contribution in [1.82, 2.24) is 0 Å². The number of halogens is 1. The van der Waals surface area contributed by atoms with Crippen molar-refractivity contribution < 1.29 is 4.74 Å². The van der Waals surface area contributed by atoms with Gasteiger partial charge in [-0.25, -0.2) is 0 Å². The summed E-state index contributed by atoms with van der Waals surface area (Å²) in [4.78, 5) is 0. The first kappa shape index (κ1) is 13.0. The van der Waals surface area contributed by atoms with Crippen LogP contribution < -0.4 is 4.74 Å². The zero-order valence-corrected chi connectivity index (χ0v) is 11.7. The predicted molar refractivity (Wildman–Crippen MR) is 76.4 cm³/mol. The van der Waals surface area contributed by atoms with Crippen molar-refractivity contribution in [3.8, 4) is 5.75 Å². The standard InChI is InChI=1S/C16H17ClO/c1-11-6-12(2)8-14(7-11)10-18-16-9-15(17)5-4-13(16)3/h4-9H,10H2,1-3H3. The van der Waals surface area contributed by atoms with E-state index >= 15 is 0 Å². The van der Waals surface area contributed by atoms with Gasteiger partial charge in [-0.2, -0.15) is 0 Å². The molecule has 0 aliphatic rings. The molecule has 0 amide bonds. The average Bonchev–Trinajstić information content (AvgIpc) is 2.29. The number of rotatable bonds is 3. The van der Waals surface area contributed by atoms with E-state index in [9.17, 15) is 0 Å². The molecule has 0 spiro atoms. The van der Waals surface area contributed by atoms with Crippen LogP contribution in [-0.2, 0) is 6.61 Å². The topological polar surface area (TPSA) is 9.23 Å². The van der Waals surface area contributed by atoms with Crippen molar-refractivity contribution in [2.75, 3.05) is 0 Å². The summed E-state index contributed by atoms with van der Waals surface area (Å²) in [6.07, 6.45) is 0. The zero-order chi connectivity index (χ0) is 13.1. The van der Waals surface area contributed by atoms with E-state index in [0.717, 1.165) is 11.3 Å². The van der Waals surface area contributed by atoms with E-state index in [1.54, 1.807) is 0 Å². The Hall–Kier alpha value is -1.47. The monoisotopic (exact) mass is 260 g/mol. The molecular weight excluding hydrogens is 244 g/mol. The molecule has 0 saturated carbocycles. The molecule has 0 saturated heterocycles. The molecule has 2 rings (SSSR count). The van der Waals surface area contributed by atoms with Crippen LogP contribution >= 0.6 is 11.6 Å². The predicted octanol–water partition coefficient (Wildman–Crippen LogP) is 4.84. The van der Waals surface area contributed by atoms with Crippen molar-refractivity contribution in [3.63, 3.8) is 0 Å². The minimum Gasteiger partial charge on any atom is -0.489 e. The molecule has 0 aliphatic heterocycles. The van der Waals surface area contributed by atoms with Crippen LogP contribution in [0.4, 0.5) is 0 Å². The van der Waals surface area contributed by atoms with Gasteiger partial charge < -0.3 is 4.74 Å². The third-order valence-corrected chi connectivity index (χ3v) is 3.06. The van der Waals surface area contributed by atoms with Gasteiger partial charge in [0.1, 0.15) is 12.4 Å². The highest BCUT2D eigenvalue weighted by Gasteiger charge is 2.02. The van der Waals surface area contributed by atoms with Gasteiger partial charge in [0.15, 0.2) is 0 Å². The lowest BCUT2D eigenvalue weighted by atomic mass is 10.1. The Morgan fingerprint density at radius 3 is 2.28 bits per heavy atom. The highest BCUT2D eigenvalue weighted by atomic mass is 35.5. The van der Waals surface area contributed by atoms with Crippen molar-refractivity contribution in [1.29, 1.82) is 0 Å². The summed E-state index contributed by atoms with van der Waals surface area (Å²) in [6, 6.07) is 12.2. The lowest BCUT2D eigenvalue weighted by Crippen LogP contribution is -1.98. The molecule has 0 N–H and O–H groups in total. The van der Waals surface area contributed by atoms with E-state index in [0.29, 0.717) is 11.6 Å². The minimum absolute atomic E-state index is 0.573. The zero-order valence-electron chi connectivity index (χ0n) is 11.0. The lowest BCUT2D eigenvalue weighted by Gasteiger charge is -2.10. The summed E-state index contributed by atoms with van der Waals surface area (Å²) < 4.78 is 5.83. The van der Waals surface area contributed by atoms with E-state index in [4.69, 9.17) is 16.3 Å². The fourth-order valence-electron chi connectivity index (χ4n) is 2.04. The molecule has 18 heavy (non-hydrogen) atoms. The first-order valence-electron chi connectivity index (χ1n) is 6.01. The third kappa shape index (κ3) is 3.27. The largest absolute Gasteiger partial charge is 0.489 e. The summed E-state index contributed by atoms with van der Waals surface area (Å²) in [7, 11) is 0. The van der Waals surface area contributed by atoms with Crippen LogP contribution in [0.5, 0.6) is 5.75 Å². The first-order chi connectivity index (χ1) is 8.54. The summed E-state index contributed by atoms with van der Waals surface area (Å²) in [5.41, 5.74) is 4.81. The molecule has 0 bridgehead atoms. The van der Waals surface area contributed by atoms with E-state index in [1.807, 2.05) is 25.1 Å². The molecule has 0 unspecified atom stereocenters.